The molecule has 0 atom stereocenters. The quantitative estimate of drug-likeness (QED) is 0.696. The number of sulfonamides is 1. The highest BCUT2D eigenvalue weighted by molar-refractivity contribution is 7.92. The molecule has 0 bridgehead atoms. The number of hydrogen-bond donors (Lipinski definition) is 2. The molecule has 0 amide bonds. The van der Waals surface area contributed by atoms with Crippen LogP contribution in [0, 0.1) is 13.8 Å². The first kappa shape index (κ1) is 17.9. The maximum Gasteiger partial charge on any atom is 0.263 e. The Morgan fingerprint density at radius 1 is 0.885 bits per heavy atom. The van der Waals surface area contributed by atoms with Crippen LogP contribution in [0.2, 0.25) is 0 Å². The molecule has 0 fully saturated rings. The van der Waals surface area contributed by atoms with Crippen molar-refractivity contribution in [1.29, 1.82) is 0 Å². The number of aryl methyl sites for hydroxylation is 2. The first-order chi connectivity index (χ1) is 12.4. The molecule has 0 aliphatic heterocycles. The third-order valence-corrected chi connectivity index (χ3v) is 5.35. The SMILES string of the molecule is Cc1ccc(S(=O)(=O)Nc2ccc(NCc3ccccc3)nn2)c(C)c1. The van der Waals surface area contributed by atoms with E-state index >= 15 is 0 Å². The highest BCUT2D eigenvalue weighted by Crippen LogP contribution is 2.19. The predicted molar refractivity (Wildman–Crippen MR) is 103 cm³/mol. The molecule has 0 saturated heterocycles. The van der Waals surface area contributed by atoms with Crippen molar-refractivity contribution in [2.45, 2.75) is 25.3 Å². The van der Waals surface area contributed by atoms with Crippen molar-refractivity contribution in [2.75, 3.05) is 10.0 Å². The molecule has 134 valence electrons. The summed E-state index contributed by atoms with van der Waals surface area (Å²) < 4.78 is 27.5. The summed E-state index contributed by atoms with van der Waals surface area (Å²) in [5, 5.41) is 11.1. The molecule has 26 heavy (non-hydrogen) atoms. The van der Waals surface area contributed by atoms with Crippen LogP contribution in [-0.2, 0) is 16.6 Å². The van der Waals surface area contributed by atoms with Crippen molar-refractivity contribution < 1.29 is 8.42 Å². The zero-order valence-electron chi connectivity index (χ0n) is 14.6. The van der Waals surface area contributed by atoms with Crippen LogP contribution in [0.25, 0.3) is 0 Å². The van der Waals surface area contributed by atoms with E-state index in [4.69, 9.17) is 0 Å². The lowest BCUT2D eigenvalue weighted by Gasteiger charge is -2.10. The highest BCUT2D eigenvalue weighted by Gasteiger charge is 2.17. The minimum absolute atomic E-state index is 0.176. The zero-order chi connectivity index (χ0) is 18.6. The summed E-state index contributed by atoms with van der Waals surface area (Å²) in [6, 6.07) is 18.4. The van der Waals surface area contributed by atoms with Crippen LogP contribution < -0.4 is 10.0 Å². The van der Waals surface area contributed by atoms with E-state index < -0.39 is 10.0 Å². The molecule has 2 aromatic carbocycles. The second-order valence-corrected chi connectivity index (χ2v) is 7.67. The van der Waals surface area contributed by atoms with Gasteiger partial charge in [-0.3, -0.25) is 4.72 Å². The topological polar surface area (TPSA) is 84.0 Å². The molecule has 0 aliphatic rings. The van der Waals surface area contributed by atoms with Crippen LogP contribution in [0.15, 0.2) is 65.6 Å². The molecule has 1 heterocycles. The van der Waals surface area contributed by atoms with Gasteiger partial charge in [0.25, 0.3) is 10.0 Å². The molecule has 6 nitrogen and oxygen atoms in total. The van der Waals surface area contributed by atoms with Gasteiger partial charge in [-0.2, -0.15) is 0 Å². The van der Waals surface area contributed by atoms with Gasteiger partial charge in [0.15, 0.2) is 5.82 Å². The summed E-state index contributed by atoms with van der Waals surface area (Å²) in [5.41, 5.74) is 2.82. The Morgan fingerprint density at radius 3 is 2.23 bits per heavy atom. The lowest BCUT2D eigenvalue weighted by atomic mass is 10.2. The van der Waals surface area contributed by atoms with Gasteiger partial charge in [0.05, 0.1) is 4.90 Å². The van der Waals surface area contributed by atoms with Gasteiger partial charge < -0.3 is 5.32 Å². The van der Waals surface area contributed by atoms with Gasteiger partial charge in [0, 0.05) is 6.54 Å². The molecule has 0 radical (unpaired) electrons. The largest absolute Gasteiger partial charge is 0.365 e. The summed E-state index contributed by atoms with van der Waals surface area (Å²) in [7, 11) is -3.70. The van der Waals surface area contributed by atoms with Crippen molar-refractivity contribution in [3.05, 3.63) is 77.4 Å². The molecular weight excluding hydrogens is 348 g/mol. The number of nitrogens with zero attached hydrogens (tertiary/aromatic N) is 2. The second-order valence-electron chi connectivity index (χ2n) is 6.02. The summed E-state index contributed by atoms with van der Waals surface area (Å²) in [4.78, 5) is 0.233. The van der Waals surface area contributed by atoms with E-state index in [0.717, 1.165) is 11.1 Å². The fourth-order valence-electron chi connectivity index (χ4n) is 2.56. The molecule has 0 saturated carbocycles. The Kier molecular flexibility index (Phi) is 5.18. The van der Waals surface area contributed by atoms with Gasteiger partial charge in [-0.05, 0) is 43.2 Å². The standard InChI is InChI=1S/C19H20N4O2S/c1-14-8-9-17(15(2)12-14)26(24,25)23-19-11-10-18(21-22-19)20-13-16-6-4-3-5-7-16/h3-12H,13H2,1-2H3,(H,20,21)(H,22,23). The molecule has 0 aliphatic carbocycles. The number of nitrogens with one attached hydrogen (secondary N) is 2. The lowest BCUT2D eigenvalue weighted by Crippen LogP contribution is -2.15. The fraction of sp³-hybridized carbons (Fsp3) is 0.158. The summed E-state index contributed by atoms with van der Waals surface area (Å²) >= 11 is 0. The molecule has 0 spiro atoms. The van der Waals surface area contributed by atoms with Crippen LogP contribution in [0.5, 0.6) is 0 Å². The third-order valence-electron chi connectivity index (χ3n) is 3.84. The average Bonchev–Trinajstić information content (AvgIpc) is 2.61. The van der Waals surface area contributed by atoms with E-state index in [2.05, 4.69) is 20.2 Å². The van der Waals surface area contributed by atoms with Gasteiger partial charge in [0.1, 0.15) is 5.82 Å². The van der Waals surface area contributed by atoms with Crippen molar-refractivity contribution in [2.24, 2.45) is 0 Å². The molecule has 3 aromatic rings. The highest BCUT2D eigenvalue weighted by atomic mass is 32.2. The Labute approximate surface area is 153 Å². The second kappa shape index (κ2) is 7.53. The number of hydrogen-bond acceptors (Lipinski definition) is 5. The minimum Gasteiger partial charge on any atom is -0.365 e. The molecule has 3 rings (SSSR count). The van der Waals surface area contributed by atoms with Crippen LogP contribution in [-0.4, -0.2) is 18.6 Å². The van der Waals surface area contributed by atoms with Crippen LogP contribution in [0.1, 0.15) is 16.7 Å². The Hall–Kier alpha value is -2.93. The molecule has 2 N–H and O–H groups in total. The normalized spacial score (nSPS) is 11.2. The van der Waals surface area contributed by atoms with Crippen molar-refractivity contribution in [3.8, 4) is 0 Å². The van der Waals surface area contributed by atoms with E-state index in [9.17, 15) is 8.42 Å². The third kappa shape index (κ3) is 4.37. The van der Waals surface area contributed by atoms with Gasteiger partial charge in [-0.15, -0.1) is 10.2 Å². The fourth-order valence-corrected chi connectivity index (χ4v) is 3.79. The number of benzene rings is 2. The summed E-state index contributed by atoms with van der Waals surface area (Å²) in [6.07, 6.45) is 0. The zero-order valence-corrected chi connectivity index (χ0v) is 15.4. The van der Waals surface area contributed by atoms with Gasteiger partial charge >= 0.3 is 0 Å². The summed E-state index contributed by atoms with van der Waals surface area (Å²) in [5.74, 6) is 0.749. The van der Waals surface area contributed by atoms with Gasteiger partial charge in [-0.25, -0.2) is 8.42 Å². The van der Waals surface area contributed by atoms with Crippen molar-refractivity contribution in [3.63, 3.8) is 0 Å². The first-order valence-electron chi connectivity index (χ1n) is 8.16. The van der Waals surface area contributed by atoms with Crippen molar-refractivity contribution in [1.82, 2.24) is 10.2 Å². The van der Waals surface area contributed by atoms with Crippen LogP contribution >= 0.6 is 0 Å². The predicted octanol–water partition coefficient (Wildman–Crippen LogP) is 3.51. The Bertz CT molecular complexity index is 988. The average molecular weight is 368 g/mol. The van der Waals surface area contributed by atoms with Gasteiger partial charge in [-0.1, -0.05) is 48.0 Å². The Balaban J connectivity index is 1.68. The first-order valence-corrected chi connectivity index (χ1v) is 9.64. The maximum atomic E-state index is 12.5. The maximum absolute atomic E-state index is 12.5. The van der Waals surface area contributed by atoms with Crippen molar-refractivity contribution >= 4 is 21.7 Å². The lowest BCUT2D eigenvalue weighted by molar-refractivity contribution is 0.600. The van der Waals surface area contributed by atoms with E-state index in [-0.39, 0.29) is 10.7 Å². The van der Waals surface area contributed by atoms with E-state index in [1.54, 1.807) is 31.2 Å². The van der Waals surface area contributed by atoms with E-state index in [0.29, 0.717) is 17.9 Å². The molecule has 7 heteroatoms. The summed E-state index contributed by atoms with van der Waals surface area (Å²) in [6.45, 7) is 4.30. The van der Waals surface area contributed by atoms with Crippen LogP contribution in [0.3, 0.4) is 0 Å². The van der Waals surface area contributed by atoms with Crippen LogP contribution in [0.4, 0.5) is 11.6 Å². The number of anilines is 2. The molecular formula is C19H20N4O2S. The Morgan fingerprint density at radius 2 is 1.58 bits per heavy atom. The van der Waals surface area contributed by atoms with E-state index in [1.807, 2.05) is 43.3 Å². The van der Waals surface area contributed by atoms with Gasteiger partial charge in [0.2, 0.25) is 0 Å². The monoisotopic (exact) mass is 368 g/mol. The van der Waals surface area contributed by atoms with E-state index in [1.165, 1.54) is 0 Å². The smallest absolute Gasteiger partial charge is 0.263 e. The minimum atomic E-state index is -3.70. The molecule has 1 aromatic heterocycles. The molecule has 0 unspecified atom stereocenters. The number of aromatic nitrogens is 2. The number of rotatable bonds is 6.